The van der Waals surface area contributed by atoms with E-state index < -0.39 is 0 Å². The van der Waals surface area contributed by atoms with E-state index in [0.717, 1.165) is 13.2 Å². The summed E-state index contributed by atoms with van der Waals surface area (Å²) in [6, 6.07) is 0. The van der Waals surface area contributed by atoms with Gasteiger partial charge in [0, 0.05) is 0 Å². The van der Waals surface area contributed by atoms with Gasteiger partial charge in [0.1, 0.15) is 0 Å². The molecule has 0 aromatic heterocycles. The monoisotopic (exact) mass is 177 g/mol. The molecule has 1 saturated carbocycles. The summed E-state index contributed by atoms with van der Waals surface area (Å²) in [6.45, 7) is 1.71. The Hall–Kier alpha value is 0.210. The molecule has 66 valence electrons. The van der Waals surface area contributed by atoms with Crippen LogP contribution in [0.3, 0.4) is 0 Å². The van der Waals surface area contributed by atoms with Crippen LogP contribution in [0.1, 0.15) is 25.7 Å². The lowest BCUT2D eigenvalue weighted by molar-refractivity contribution is -0.0317. The maximum atomic E-state index is 5.70. The van der Waals surface area contributed by atoms with Crippen molar-refractivity contribution in [1.82, 2.24) is 0 Å². The van der Waals surface area contributed by atoms with Gasteiger partial charge in [0.05, 0.1) is 12.2 Å². The number of ether oxygens (including phenoxy) is 1. The van der Waals surface area contributed by atoms with Crippen LogP contribution in [0.2, 0.25) is 0 Å². The molecule has 2 rings (SSSR count). The molecule has 1 aliphatic carbocycles. The quantitative estimate of drug-likeness (QED) is 0.656. The van der Waals surface area contributed by atoms with Gasteiger partial charge in [-0.15, -0.1) is 12.4 Å². The predicted octanol–water partition coefficient (Wildman–Crippen LogP) is 1.33. The first kappa shape index (κ1) is 9.30. The van der Waals surface area contributed by atoms with Crippen molar-refractivity contribution >= 4 is 12.4 Å². The third kappa shape index (κ3) is 1.86. The van der Waals surface area contributed by atoms with E-state index >= 15 is 0 Å². The highest BCUT2D eigenvalue weighted by molar-refractivity contribution is 5.85. The van der Waals surface area contributed by atoms with E-state index in [1.54, 1.807) is 0 Å². The second kappa shape index (κ2) is 3.30. The molecular weight excluding hydrogens is 162 g/mol. The van der Waals surface area contributed by atoms with Crippen LogP contribution in [0.5, 0.6) is 0 Å². The summed E-state index contributed by atoms with van der Waals surface area (Å²) in [6.07, 6.45) is 5.14. The summed E-state index contributed by atoms with van der Waals surface area (Å²) in [5.41, 5.74) is 5.89. The topological polar surface area (TPSA) is 35.2 Å². The van der Waals surface area contributed by atoms with Crippen molar-refractivity contribution in [1.29, 1.82) is 0 Å². The van der Waals surface area contributed by atoms with Crippen molar-refractivity contribution in [2.45, 2.75) is 31.3 Å². The molecule has 0 radical (unpaired) electrons. The van der Waals surface area contributed by atoms with Gasteiger partial charge in [-0.05, 0) is 38.1 Å². The summed E-state index contributed by atoms with van der Waals surface area (Å²) >= 11 is 0. The van der Waals surface area contributed by atoms with E-state index in [4.69, 9.17) is 10.5 Å². The summed E-state index contributed by atoms with van der Waals surface area (Å²) < 4.78 is 5.70. The fraction of sp³-hybridized carbons (Fsp3) is 1.00. The van der Waals surface area contributed by atoms with Gasteiger partial charge < -0.3 is 10.5 Å². The minimum atomic E-state index is 0. The van der Waals surface area contributed by atoms with Gasteiger partial charge in [-0.2, -0.15) is 0 Å². The van der Waals surface area contributed by atoms with Crippen LogP contribution in [-0.4, -0.2) is 18.8 Å². The molecule has 3 heteroatoms. The molecule has 1 atom stereocenters. The molecule has 2 aliphatic rings. The largest absolute Gasteiger partial charge is 0.375 e. The molecule has 1 saturated heterocycles. The Morgan fingerprint density at radius 1 is 1.36 bits per heavy atom. The van der Waals surface area contributed by atoms with Crippen LogP contribution >= 0.6 is 12.4 Å². The fourth-order valence-corrected chi connectivity index (χ4v) is 1.64. The third-order valence-electron chi connectivity index (χ3n) is 2.77. The van der Waals surface area contributed by atoms with E-state index in [9.17, 15) is 0 Å². The Labute approximate surface area is 73.9 Å². The van der Waals surface area contributed by atoms with Crippen LogP contribution in [0, 0.1) is 5.92 Å². The highest BCUT2D eigenvalue weighted by atomic mass is 35.5. The second-order valence-corrected chi connectivity index (χ2v) is 3.63. The van der Waals surface area contributed by atoms with Crippen molar-refractivity contribution in [2.24, 2.45) is 11.7 Å². The smallest absolute Gasteiger partial charge is 0.0685 e. The first-order chi connectivity index (χ1) is 4.85. The molecule has 2 fully saturated rings. The van der Waals surface area contributed by atoms with E-state index in [0.29, 0.717) is 11.5 Å². The lowest BCUT2D eigenvalue weighted by Gasteiger charge is -2.27. The lowest BCUT2D eigenvalue weighted by Crippen LogP contribution is -2.31. The third-order valence-corrected chi connectivity index (χ3v) is 2.77. The average Bonchev–Trinajstić information content (AvgIpc) is 2.72. The molecular formula is C8H16ClNO. The highest BCUT2D eigenvalue weighted by Gasteiger charge is 2.46. The Morgan fingerprint density at radius 2 is 2.09 bits per heavy atom. The average molecular weight is 178 g/mol. The molecule has 1 aliphatic heterocycles. The number of halogens is 1. The van der Waals surface area contributed by atoms with Gasteiger partial charge >= 0.3 is 0 Å². The molecule has 0 aromatic carbocycles. The van der Waals surface area contributed by atoms with Gasteiger partial charge in [-0.3, -0.25) is 0 Å². The van der Waals surface area contributed by atoms with Crippen molar-refractivity contribution in [3.8, 4) is 0 Å². The summed E-state index contributed by atoms with van der Waals surface area (Å²) in [5.74, 6) is 0.645. The van der Waals surface area contributed by atoms with Gasteiger partial charge in [-0.1, -0.05) is 0 Å². The second-order valence-electron chi connectivity index (χ2n) is 3.63. The van der Waals surface area contributed by atoms with Crippen molar-refractivity contribution < 1.29 is 4.74 Å². The van der Waals surface area contributed by atoms with E-state index in [2.05, 4.69) is 0 Å². The van der Waals surface area contributed by atoms with E-state index in [1.807, 2.05) is 0 Å². The van der Waals surface area contributed by atoms with Crippen molar-refractivity contribution in [2.75, 3.05) is 13.2 Å². The molecule has 1 heterocycles. The minimum absolute atomic E-state index is 0. The fourth-order valence-electron chi connectivity index (χ4n) is 1.64. The minimum Gasteiger partial charge on any atom is -0.375 e. The van der Waals surface area contributed by atoms with Crippen LogP contribution in [0.25, 0.3) is 0 Å². The molecule has 1 spiro atoms. The van der Waals surface area contributed by atoms with Gasteiger partial charge in [0.15, 0.2) is 0 Å². The van der Waals surface area contributed by atoms with E-state index in [-0.39, 0.29) is 12.4 Å². The van der Waals surface area contributed by atoms with Crippen LogP contribution < -0.4 is 5.73 Å². The Bertz CT molecular complexity index is 126. The van der Waals surface area contributed by atoms with Crippen LogP contribution in [0.4, 0.5) is 0 Å². The SMILES string of the molecule is Cl.NCC1CCC2(CC2)OC1. The Balaban J connectivity index is 0.000000605. The summed E-state index contributed by atoms with van der Waals surface area (Å²) in [5, 5.41) is 0. The molecule has 0 aromatic rings. The van der Waals surface area contributed by atoms with E-state index in [1.165, 1.54) is 25.7 Å². The molecule has 0 bridgehead atoms. The number of rotatable bonds is 1. The number of hydrogen-bond donors (Lipinski definition) is 1. The zero-order valence-electron chi connectivity index (χ0n) is 6.71. The van der Waals surface area contributed by atoms with Crippen LogP contribution in [-0.2, 0) is 4.74 Å². The number of nitrogens with two attached hydrogens (primary N) is 1. The zero-order chi connectivity index (χ0) is 7.03. The zero-order valence-corrected chi connectivity index (χ0v) is 7.53. The molecule has 1 unspecified atom stereocenters. The lowest BCUT2D eigenvalue weighted by atomic mass is 9.97. The normalized spacial score (nSPS) is 33.0. The molecule has 11 heavy (non-hydrogen) atoms. The first-order valence-electron chi connectivity index (χ1n) is 4.19. The standard InChI is InChI=1S/C8H15NO.ClH/c9-5-7-1-2-8(3-4-8)10-6-7;/h7H,1-6,9H2;1H. The predicted molar refractivity (Wildman–Crippen MR) is 46.9 cm³/mol. The van der Waals surface area contributed by atoms with Crippen molar-refractivity contribution in [3.05, 3.63) is 0 Å². The first-order valence-corrected chi connectivity index (χ1v) is 4.19. The van der Waals surface area contributed by atoms with Crippen LogP contribution in [0.15, 0.2) is 0 Å². The molecule has 2 nitrogen and oxygen atoms in total. The summed E-state index contributed by atoms with van der Waals surface area (Å²) in [4.78, 5) is 0. The maximum Gasteiger partial charge on any atom is 0.0685 e. The number of hydrogen-bond acceptors (Lipinski definition) is 2. The highest BCUT2D eigenvalue weighted by Crippen LogP contribution is 2.47. The molecule has 2 N–H and O–H groups in total. The maximum absolute atomic E-state index is 5.70. The van der Waals surface area contributed by atoms with Gasteiger partial charge in [0.2, 0.25) is 0 Å². The van der Waals surface area contributed by atoms with Gasteiger partial charge in [0.25, 0.3) is 0 Å². The van der Waals surface area contributed by atoms with Gasteiger partial charge in [-0.25, -0.2) is 0 Å². The Morgan fingerprint density at radius 3 is 2.45 bits per heavy atom. The van der Waals surface area contributed by atoms with Crippen molar-refractivity contribution in [3.63, 3.8) is 0 Å². The summed E-state index contributed by atoms with van der Waals surface area (Å²) in [7, 11) is 0. The Kier molecular flexibility index (Phi) is 2.79. The molecule has 0 amide bonds.